The van der Waals surface area contributed by atoms with Crippen LogP contribution in [0.25, 0.3) is 10.9 Å². The first-order valence-electron chi connectivity index (χ1n) is 5.93. The molecule has 1 aromatic carbocycles. The van der Waals surface area contributed by atoms with E-state index in [1.54, 1.807) is 0 Å². The molecule has 0 spiro atoms. The molecule has 18 heavy (non-hydrogen) atoms. The number of halogens is 1. The number of pyridine rings is 1. The molecule has 0 saturated carbocycles. The Morgan fingerprint density at radius 2 is 2.06 bits per heavy atom. The van der Waals surface area contributed by atoms with Crippen molar-refractivity contribution in [3.63, 3.8) is 0 Å². The Hall–Kier alpha value is -1.13. The van der Waals surface area contributed by atoms with Crippen molar-refractivity contribution >= 4 is 32.5 Å². The number of likely N-dealkylation sites (N-methyl/N-ethyl adjacent to an activating group) is 1. The maximum absolute atomic E-state index is 9.12. The van der Waals surface area contributed by atoms with Gasteiger partial charge in [-0.3, -0.25) is 4.98 Å². The molecule has 0 aliphatic carbocycles. The smallest absolute Gasteiger partial charge is 0.0727 e. The Kier molecular flexibility index (Phi) is 3.88. The van der Waals surface area contributed by atoms with E-state index in [9.17, 15) is 0 Å². The second kappa shape index (κ2) is 5.24. The second-order valence-corrected chi connectivity index (χ2v) is 5.39. The van der Waals surface area contributed by atoms with Gasteiger partial charge in [0.05, 0.1) is 17.8 Å². The lowest BCUT2D eigenvalue weighted by atomic mass is 10.1. The highest BCUT2D eigenvalue weighted by molar-refractivity contribution is 9.10. The number of fused-ring (bicyclic) bond motifs is 1. The first-order chi connectivity index (χ1) is 8.54. The number of aliphatic hydroxyl groups is 1. The SMILES string of the molecule is Cc1nc2ccc(Br)cc2c(N(C)CCO)c1C. The molecule has 96 valence electrons. The lowest BCUT2D eigenvalue weighted by molar-refractivity contribution is 0.304. The van der Waals surface area contributed by atoms with Gasteiger partial charge in [0, 0.05) is 29.1 Å². The molecule has 1 N–H and O–H groups in total. The third-order valence-electron chi connectivity index (χ3n) is 3.22. The quantitative estimate of drug-likeness (QED) is 0.947. The van der Waals surface area contributed by atoms with Gasteiger partial charge >= 0.3 is 0 Å². The van der Waals surface area contributed by atoms with Crippen molar-refractivity contribution in [2.75, 3.05) is 25.1 Å². The Balaban J connectivity index is 2.74. The minimum Gasteiger partial charge on any atom is -0.395 e. The van der Waals surface area contributed by atoms with Crippen LogP contribution in [-0.4, -0.2) is 30.3 Å². The fraction of sp³-hybridized carbons (Fsp3) is 0.357. The van der Waals surface area contributed by atoms with Crippen molar-refractivity contribution in [2.24, 2.45) is 0 Å². The normalized spacial score (nSPS) is 10.9. The monoisotopic (exact) mass is 308 g/mol. The van der Waals surface area contributed by atoms with Crippen LogP contribution in [0.3, 0.4) is 0 Å². The Bertz CT molecular complexity index is 584. The number of aromatic nitrogens is 1. The van der Waals surface area contributed by atoms with E-state index in [1.165, 1.54) is 0 Å². The van der Waals surface area contributed by atoms with Crippen LogP contribution >= 0.6 is 15.9 Å². The topological polar surface area (TPSA) is 36.4 Å². The molecule has 4 heteroatoms. The molecule has 0 atom stereocenters. The number of aryl methyl sites for hydroxylation is 1. The molecule has 0 saturated heterocycles. The third-order valence-corrected chi connectivity index (χ3v) is 3.71. The highest BCUT2D eigenvalue weighted by Crippen LogP contribution is 2.32. The zero-order valence-electron chi connectivity index (χ0n) is 10.9. The van der Waals surface area contributed by atoms with Crippen molar-refractivity contribution in [1.82, 2.24) is 4.98 Å². The van der Waals surface area contributed by atoms with Crippen molar-refractivity contribution in [3.8, 4) is 0 Å². The number of benzene rings is 1. The fourth-order valence-corrected chi connectivity index (χ4v) is 2.55. The molecule has 2 aromatic rings. The van der Waals surface area contributed by atoms with E-state index in [4.69, 9.17) is 5.11 Å². The average molecular weight is 309 g/mol. The minimum absolute atomic E-state index is 0.146. The zero-order valence-corrected chi connectivity index (χ0v) is 12.5. The summed E-state index contributed by atoms with van der Waals surface area (Å²) in [5, 5.41) is 10.2. The summed E-state index contributed by atoms with van der Waals surface area (Å²) in [6.07, 6.45) is 0. The maximum atomic E-state index is 9.12. The van der Waals surface area contributed by atoms with Crippen LogP contribution in [0.5, 0.6) is 0 Å². The molecule has 0 radical (unpaired) electrons. The number of aliphatic hydroxyl groups excluding tert-OH is 1. The fourth-order valence-electron chi connectivity index (χ4n) is 2.19. The Morgan fingerprint density at radius 1 is 1.33 bits per heavy atom. The summed E-state index contributed by atoms with van der Waals surface area (Å²) in [6.45, 7) is 4.86. The second-order valence-electron chi connectivity index (χ2n) is 4.48. The number of rotatable bonds is 3. The highest BCUT2D eigenvalue weighted by Gasteiger charge is 2.13. The molecule has 0 aliphatic rings. The average Bonchev–Trinajstić information content (AvgIpc) is 2.31. The Morgan fingerprint density at radius 3 is 2.72 bits per heavy atom. The molecule has 1 aromatic heterocycles. The molecule has 0 amide bonds. The van der Waals surface area contributed by atoms with E-state index in [1.807, 2.05) is 26.1 Å². The molecule has 1 heterocycles. The van der Waals surface area contributed by atoms with Gasteiger partial charge in [-0.25, -0.2) is 0 Å². The van der Waals surface area contributed by atoms with Crippen LogP contribution in [0, 0.1) is 13.8 Å². The molecule has 2 rings (SSSR count). The van der Waals surface area contributed by atoms with Crippen molar-refractivity contribution in [1.29, 1.82) is 0 Å². The van der Waals surface area contributed by atoms with Crippen LogP contribution in [-0.2, 0) is 0 Å². The van der Waals surface area contributed by atoms with Crippen LogP contribution in [0.1, 0.15) is 11.3 Å². The van der Waals surface area contributed by atoms with Gasteiger partial charge in [-0.15, -0.1) is 0 Å². The van der Waals surface area contributed by atoms with Gasteiger partial charge in [0.15, 0.2) is 0 Å². The molecular formula is C14H17BrN2O. The van der Waals surface area contributed by atoms with Gasteiger partial charge in [0.1, 0.15) is 0 Å². The van der Waals surface area contributed by atoms with Crippen LogP contribution in [0.4, 0.5) is 5.69 Å². The van der Waals surface area contributed by atoms with Crippen molar-refractivity contribution in [2.45, 2.75) is 13.8 Å². The van der Waals surface area contributed by atoms with E-state index in [0.29, 0.717) is 6.54 Å². The summed E-state index contributed by atoms with van der Waals surface area (Å²) in [7, 11) is 2.00. The van der Waals surface area contributed by atoms with Gasteiger partial charge in [-0.1, -0.05) is 15.9 Å². The first kappa shape index (κ1) is 13.3. The van der Waals surface area contributed by atoms with Crippen LogP contribution in [0.15, 0.2) is 22.7 Å². The van der Waals surface area contributed by atoms with Gasteiger partial charge < -0.3 is 10.0 Å². The third kappa shape index (κ3) is 2.35. The van der Waals surface area contributed by atoms with Crippen molar-refractivity contribution in [3.05, 3.63) is 33.9 Å². The van der Waals surface area contributed by atoms with Crippen LogP contribution in [0.2, 0.25) is 0 Å². The summed E-state index contributed by atoms with van der Waals surface area (Å²) >= 11 is 3.50. The maximum Gasteiger partial charge on any atom is 0.0727 e. The number of anilines is 1. The Labute approximate surface area is 116 Å². The summed E-state index contributed by atoms with van der Waals surface area (Å²) < 4.78 is 1.04. The minimum atomic E-state index is 0.146. The molecule has 3 nitrogen and oxygen atoms in total. The van der Waals surface area contributed by atoms with E-state index in [0.717, 1.165) is 32.3 Å². The summed E-state index contributed by atoms with van der Waals surface area (Å²) in [4.78, 5) is 6.69. The molecular weight excluding hydrogens is 292 g/mol. The highest BCUT2D eigenvalue weighted by atomic mass is 79.9. The molecule has 0 unspecified atom stereocenters. The summed E-state index contributed by atoms with van der Waals surface area (Å²) in [6, 6.07) is 6.10. The first-order valence-corrected chi connectivity index (χ1v) is 6.72. The van der Waals surface area contributed by atoms with Gasteiger partial charge in [-0.05, 0) is 37.6 Å². The van der Waals surface area contributed by atoms with Crippen molar-refractivity contribution < 1.29 is 5.11 Å². The van der Waals surface area contributed by atoms with E-state index in [-0.39, 0.29) is 6.61 Å². The summed E-state index contributed by atoms with van der Waals surface area (Å²) in [5.41, 5.74) is 4.33. The predicted molar refractivity (Wildman–Crippen MR) is 79.3 cm³/mol. The van der Waals surface area contributed by atoms with Gasteiger partial charge in [0.25, 0.3) is 0 Å². The largest absolute Gasteiger partial charge is 0.395 e. The van der Waals surface area contributed by atoms with Gasteiger partial charge in [-0.2, -0.15) is 0 Å². The number of nitrogens with zero attached hydrogens (tertiary/aromatic N) is 2. The van der Waals surface area contributed by atoms with E-state index in [2.05, 4.69) is 38.8 Å². The zero-order chi connectivity index (χ0) is 13.3. The van der Waals surface area contributed by atoms with E-state index < -0.39 is 0 Å². The number of hydrogen-bond donors (Lipinski definition) is 1. The lowest BCUT2D eigenvalue weighted by Gasteiger charge is -2.23. The summed E-state index contributed by atoms with van der Waals surface area (Å²) in [5.74, 6) is 0. The van der Waals surface area contributed by atoms with Gasteiger partial charge in [0.2, 0.25) is 0 Å². The van der Waals surface area contributed by atoms with E-state index >= 15 is 0 Å². The molecule has 0 aliphatic heterocycles. The molecule has 0 fully saturated rings. The number of hydrogen-bond acceptors (Lipinski definition) is 3. The lowest BCUT2D eigenvalue weighted by Crippen LogP contribution is -2.22. The van der Waals surface area contributed by atoms with Crippen LogP contribution < -0.4 is 4.90 Å². The standard InChI is InChI=1S/C14H17BrN2O/c1-9-10(2)16-13-5-4-11(15)8-12(13)14(9)17(3)6-7-18/h4-5,8,18H,6-7H2,1-3H3. The predicted octanol–water partition coefficient (Wildman–Crippen LogP) is 3.04. The molecule has 0 bridgehead atoms.